The van der Waals surface area contributed by atoms with Gasteiger partial charge in [0.15, 0.2) is 0 Å². The molecule has 0 saturated heterocycles. The van der Waals surface area contributed by atoms with Gasteiger partial charge in [-0.1, -0.05) is 50.1 Å². The number of nitrogens with one attached hydrogen (secondary N) is 1. The van der Waals surface area contributed by atoms with Crippen molar-refractivity contribution in [2.75, 3.05) is 6.61 Å². The van der Waals surface area contributed by atoms with E-state index in [1.54, 1.807) is 0 Å². The first-order valence-corrected chi connectivity index (χ1v) is 6.44. The van der Waals surface area contributed by atoms with E-state index >= 15 is 0 Å². The van der Waals surface area contributed by atoms with Gasteiger partial charge in [0.05, 0.1) is 6.61 Å². The van der Waals surface area contributed by atoms with Crippen molar-refractivity contribution in [3.05, 3.63) is 35.9 Å². The molecule has 0 saturated carbocycles. The zero-order chi connectivity index (χ0) is 12.3. The third-order valence-corrected chi connectivity index (χ3v) is 2.86. The Bertz CT molecular complexity index is 277. The van der Waals surface area contributed by atoms with E-state index in [0.717, 1.165) is 19.4 Å². The van der Waals surface area contributed by atoms with Gasteiger partial charge in [-0.15, -0.1) is 0 Å². The summed E-state index contributed by atoms with van der Waals surface area (Å²) in [6, 6.07) is 10.6. The number of hydrogen-bond donors (Lipinski definition) is 2. The maximum absolute atomic E-state index is 5.64. The second-order valence-electron chi connectivity index (χ2n) is 4.33. The minimum Gasteiger partial charge on any atom is -0.377 e. The molecular weight excluding hydrogens is 212 g/mol. The molecule has 0 fully saturated rings. The van der Waals surface area contributed by atoms with E-state index in [4.69, 9.17) is 10.6 Å². The predicted octanol–water partition coefficient (Wildman–Crippen LogP) is 2.62. The van der Waals surface area contributed by atoms with Crippen LogP contribution in [-0.4, -0.2) is 12.6 Å². The van der Waals surface area contributed by atoms with Gasteiger partial charge in [0.1, 0.15) is 0 Å². The highest BCUT2D eigenvalue weighted by Gasteiger charge is 2.05. The fourth-order valence-corrected chi connectivity index (χ4v) is 1.75. The highest BCUT2D eigenvalue weighted by molar-refractivity contribution is 5.13. The quantitative estimate of drug-likeness (QED) is 0.393. The van der Waals surface area contributed by atoms with Crippen LogP contribution >= 0.6 is 0 Å². The molecule has 3 N–H and O–H groups in total. The third kappa shape index (κ3) is 6.41. The van der Waals surface area contributed by atoms with Crippen LogP contribution in [0.1, 0.15) is 38.2 Å². The molecule has 1 atom stereocenters. The molecule has 0 bridgehead atoms. The molecule has 0 aliphatic carbocycles. The van der Waals surface area contributed by atoms with Crippen LogP contribution < -0.4 is 11.3 Å². The van der Waals surface area contributed by atoms with Crippen molar-refractivity contribution in [1.82, 2.24) is 5.43 Å². The fraction of sp³-hybridized carbons (Fsp3) is 0.571. The van der Waals surface area contributed by atoms with E-state index in [0.29, 0.717) is 12.6 Å². The van der Waals surface area contributed by atoms with Crippen LogP contribution in [0, 0.1) is 0 Å². The highest BCUT2D eigenvalue weighted by Crippen LogP contribution is 2.05. The van der Waals surface area contributed by atoms with E-state index in [1.807, 2.05) is 18.2 Å². The summed E-state index contributed by atoms with van der Waals surface area (Å²) >= 11 is 0. The average molecular weight is 236 g/mol. The largest absolute Gasteiger partial charge is 0.377 e. The van der Waals surface area contributed by atoms with Gasteiger partial charge in [0.2, 0.25) is 0 Å². The number of benzene rings is 1. The first-order valence-electron chi connectivity index (χ1n) is 6.44. The summed E-state index contributed by atoms with van der Waals surface area (Å²) in [5.74, 6) is 5.50. The third-order valence-electron chi connectivity index (χ3n) is 2.86. The van der Waals surface area contributed by atoms with E-state index in [1.165, 1.54) is 18.4 Å². The highest BCUT2D eigenvalue weighted by atomic mass is 16.5. The Morgan fingerprint density at radius 1 is 1.24 bits per heavy atom. The lowest BCUT2D eigenvalue weighted by Gasteiger charge is -2.15. The normalized spacial score (nSPS) is 12.6. The van der Waals surface area contributed by atoms with E-state index in [9.17, 15) is 0 Å². The minimum atomic E-state index is 0.380. The van der Waals surface area contributed by atoms with Gasteiger partial charge in [-0.25, -0.2) is 0 Å². The maximum Gasteiger partial charge on any atom is 0.0716 e. The molecule has 0 aliphatic rings. The monoisotopic (exact) mass is 236 g/mol. The maximum atomic E-state index is 5.64. The van der Waals surface area contributed by atoms with Crippen molar-refractivity contribution in [2.24, 2.45) is 5.84 Å². The number of rotatable bonds is 9. The Morgan fingerprint density at radius 2 is 2.00 bits per heavy atom. The molecule has 1 unspecified atom stereocenters. The molecule has 17 heavy (non-hydrogen) atoms. The molecule has 3 nitrogen and oxygen atoms in total. The Morgan fingerprint density at radius 3 is 2.65 bits per heavy atom. The van der Waals surface area contributed by atoms with Gasteiger partial charge in [-0.3, -0.25) is 11.3 Å². The summed E-state index contributed by atoms with van der Waals surface area (Å²) in [5.41, 5.74) is 4.08. The summed E-state index contributed by atoms with van der Waals surface area (Å²) in [4.78, 5) is 0. The van der Waals surface area contributed by atoms with Crippen molar-refractivity contribution in [2.45, 2.75) is 45.3 Å². The van der Waals surface area contributed by atoms with Crippen LogP contribution in [0.5, 0.6) is 0 Å². The molecule has 0 spiro atoms. The van der Waals surface area contributed by atoms with E-state index in [2.05, 4.69) is 24.5 Å². The number of unbranched alkanes of at least 4 members (excludes halogenated alkanes) is 1. The zero-order valence-corrected chi connectivity index (χ0v) is 10.7. The molecule has 1 rings (SSSR count). The zero-order valence-electron chi connectivity index (χ0n) is 10.7. The van der Waals surface area contributed by atoms with E-state index in [-0.39, 0.29) is 0 Å². The number of nitrogens with two attached hydrogens (primary N) is 1. The van der Waals surface area contributed by atoms with Gasteiger partial charge in [0.25, 0.3) is 0 Å². The smallest absolute Gasteiger partial charge is 0.0716 e. The summed E-state index contributed by atoms with van der Waals surface area (Å²) in [7, 11) is 0. The van der Waals surface area contributed by atoms with Crippen molar-refractivity contribution >= 4 is 0 Å². The Kier molecular flexibility index (Phi) is 7.63. The average Bonchev–Trinajstić information content (AvgIpc) is 2.39. The molecule has 1 aromatic rings. The first kappa shape index (κ1) is 14.2. The fourth-order valence-electron chi connectivity index (χ4n) is 1.75. The second kappa shape index (κ2) is 9.16. The lowest BCUT2D eigenvalue weighted by atomic mass is 10.1. The molecule has 0 radical (unpaired) electrons. The molecule has 96 valence electrons. The molecule has 0 aliphatic heterocycles. The van der Waals surface area contributed by atoms with Crippen LogP contribution in [0.4, 0.5) is 0 Å². The second-order valence-corrected chi connectivity index (χ2v) is 4.33. The summed E-state index contributed by atoms with van der Waals surface area (Å²) in [5, 5.41) is 0. The predicted molar refractivity (Wildman–Crippen MR) is 71.4 cm³/mol. The standard InChI is InChI=1S/C14H24N2O/c1-2-3-9-14(16-15)10-11-17-12-13-7-5-4-6-8-13/h4-8,14,16H,2-3,9-12,15H2,1H3. The Balaban J connectivity index is 2.10. The van der Waals surface area contributed by atoms with Gasteiger partial charge < -0.3 is 4.74 Å². The van der Waals surface area contributed by atoms with Crippen LogP contribution in [-0.2, 0) is 11.3 Å². The van der Waals surface area contributed by atoms with Crippen LogP contribution in [0.25, 0.3) is 0 Å². The van der Waals surface area contributed by atoms with Gasteiger partial charge in [-0.05, 0) is 18.4 Å². The van der Waals surface area contributed by atoms with Crippen molar-refractivity contribution in [1.29, 1.82) is 0 Å². The summed E-state index contributed by atoms with van der Waals surface area (Å²) in [6.45, 7) is 3.64. The first-order chi connectivity index (χ1) is 8.36. The molecule has 0 heterocycles. The SMILES string of the molecule is CCCCC(CCOCc1ccccc1)NN. The molecule has 0 aromatic heterocycles. The molecular formula is C14H24N2O. The van der Waals surface area contributed by atoms with E-state index < -0.39 is 0 Å². The van der Waals surface area contributed by atoms with Crippen LogP contribution in [0.15, 0.2) is 30.3 Å². The van der Waals surface area contributed by atoms with Crippen LogP contribution in [0.3, 0.4) is 0 Å². The Labute approximate surface area is 104 Å². The van der Waals surface area contributed by atoms with Gasteiger partial charge in [-0.2, -0.15) is 0 Å². The minimum absolute atomic E-state index is 0.380. The number of ether oxygens (including phenoxy) is 1. The summed E-state index contributed by atoms with van der Waals surface area (Å²) in [6.07, 6.45) is 4.53. The Hall–Kier alpha value is -0.900. The molecule has 0 amide bonds. The van der Waals surface area contributed by atoms with Gasteiger partial charge >= 0.3 is 0 Å². The summed E-state index contributed by atoms with van der Waals surface area (Å²) < 4.78 is 5.64. The lowest BCUT2D eigenvalue weighted by molar-refractivity contribution is 0.110. The van der Waals surface area contributed by atoms with Crippen LogP contribution in [0.2, 0.25) is 0 Å². The molecule has 1 aromatic carbocycles. The van der Waals surface area contributed by atoms with Crippen molar-refractivity contribution in [3.63, 3.8) is 0 Å². The molecule has 3 heteroatoms. The van der Waals surface area contributed by atoms with Crippen molar-refractivity contribution in [3.8, 4) is 0 Å². The topological polar surface area (TPSA) is 47.3 Å². The lowest BCUT2D eigenvalue weighted by Crippen LogP contribution is -2.35. The number of hydrogen-bond acceptors (Lipinski definition) is 3. The number of hydrazine groups is 1. The van der Waals surface area contributed by atoms with Crippen molar-refractivity contribution < 1.29 is 4.74 Å². The van der Waals surface area contributed by atoms with Gasteiger partial charge in [0, 0.05) is 12.6 Å².